The maximum atomic E-state index is 15.1. The molecule has 0 bridgehead atoms. The molecule has 3 aromatic rings. The predicted molar refractivity (Wildman–Crippen MR) is 95.8 cm³/mol. The molecule has 0 saturated heterocycles. The summed E-state index contributed by atoms with van der Waals surface area (Å²) in [6.07, 6.45) is -2.85. The Bertz CT molecular complexity index is 1150. The van der Waals surface area contributed by atoms with E-state index in [0.29, 0.717) is 0 Å². The van der Waals surface area contributed by atoms with E-state index in [1.807, 2.05) is 0 Å². The lowest BCUT2D eigenvalue weighted by atomic mass is 10.1. The summed E-state index contributed by atoms with van der Waals surface area (Å²) in [5.41, 5.74) is -0.785. The van der Waals surface area contributed by atoms with E-state index in [1.54, 1.807) is 6.07 Å². The van der Waals surface area contributed by atoms with Crippen molar-refractivity contribution in [2.24, 2.45) is 7.05 Å². The Kier molecular flexibility index (Phi) is 5.59. The lowest BCUT2D eigenvalue weighted by Gasteiger charge is -2.14. The minimum Gasteiger partial charge on any atom is -0.493 e. The zero-order valence-corrected chi connectivity index (χ0v) is 15.4. The summed E-state index contributed by atoms with van der Waals surface area (Å²) >= 11 is 0. The van der Waals surface area contributed by atoms with Crippen LogP contribution in [0.15, 0.2) is 35.1 Å². The highest BCUT2D eigenvalue weighted by Crippen LogP contribution is 2.37. The van der Waals surface area contributed by atoms with Gasteiger partial charge in [0, 0.05) is 19.0 Å². The largest absolute Gasteiger partial charge is 0.493 e. The van der Waals surface area contributed by atoms with Crippen molar-refractivity contribution in [2.45, 2.75) is 12.8 Å². The standard InChI is InChI=1S/C19H15F3N4O3/c1-26-15(24-25-19(26)27)8-11-3-4-14(28-2)17(16(11)20)29-13-6-10(9-23)5-12(7-13)18(21)22/h3-7,18H,8H2,1-2H3,(H,25,27). The van der Waals surface area contributed by atoms with Crippen LogP contribution < -0.4 is 15.2 Å². The summed E-state index contributed by atoms with van der Waals surface area (Å²) in [5, 5.41) is 15.1. The summed E-state index contributed by atoms with van der Waals surface area (Å²) in [7, 11) is 2.79. The average Bonchev–Trinajstić information content (AvgIpc) is 3.02. The lowest BCUT2D eigenvalue weighted by molar-refractivity contribution is 0.151. The Morgan fingerprint density at radius 3 is 2.66 bits per heavy atom. The van der Waals surface area contributed by atoms with Crippen LogP contribution in [-0.4, -0.2) is 21.9 Å². The number of nitriles is 1. The number of benzene rings is 2. The van der Waals surface area contributed by atoms with Crippen molar-refractivity contribution in [3.8, 4) is 23.3 Å². The van der Waals surface area contributed by atoms with Crippen LogP contribution in [0.5, 0.6) is 17.2 Å². The van der Waals surface area contributed by atoms with E-state index in [0.717, 1.165) is 12.1 Å². The maximum absolute atomic E-state index is 15.1. The first-order valence-corrected chi connectivity index (χ1v) is 8.30. The van der Waals surface area contributed by atoms with Crippen LogP contribution in [0.3, 0.4) is 0 Å². The lowest BCUT2D eigenvalue weighted by Crippen LogP contribution is -2.15. The molecule has 0 atom stereocenters. The van der Waals surface area contributed by atoms with Crippen molar-refractivity contribution in [2.75, 3.05) is 7.11 Å². The number of hydrogen-bond donors (Lipinski definition) is 1. The van der Waals surface area contributed by atoms with Crippen LogP contribution in [0, 0.1) is 17.1 Å². The number of nitrogens with one attached hydrogen (secondary N) is 1. The molecule has 10 heteroatoms. The van der Waals surface area contributed by atoms with Gasteiger partial charge in [0.05, 0.1) is 18.7 Å². The molecule has 0 fully saturated rings. The molecule has 1 heterocycles. The highest BCUT2D eigenvalue weighted by atomic mass is 19.3. The summed E-state index contributed by atoms with van der Waals surface area (Å²) in [6.45, 7) is 0. The maximum Gasteiger partial charge on any atom is 0.343 e. The number of ether oxygens (including phenoxy) is 2. The molecule has 0 aliphatic rings. The molecule has 0 amide bonds. The van der Waals surface area contributed by atoms with Crippen molar-refractivity contribution < 1.29 is 22.6 Å². The summed E-state index contributed by atoms with van der Waals surface area (Å²) in [5.74, 6) is -0.956. The zero-order chi connectivity index (χ0) is 21.1. The van der Waals surface area contributed by atoms with E-state index >= 15 is 4.39 Å². The van der Waals surface area contributed by atoms with Gasteiger partial charge in [0.15, 0.2) is 11.6 Å². The number of H-pyrrole nitrogens is 1. The number of rotatable bonds is 6. The molecule has 0 spiro atoms. The van der Waals surface area contributed by atoms with Gasteiger partial charge in [0.1, 0.15) is 11.6 Å². The van der Waals surface area contributed by atoms with Crippen molar-refractivity contribution >= 4 is 0 Å². The molecule has 150 valence electrons. The van der Waals surface area contributed by atoms with E-state index in [9.17, 15) is 13.6 Å². The smallest absolute Gasteiger partial charge is 0.343 e. The second-order valence-electron chi connectivity index (χ2n) is 6.06. The number of hydrogen-bond acceptors (Lipinski definition) is 5. The molecule has 0 unspecified atom stereocenters. The van der Waals surface area contributed by atoms with Crippen LogP contribution in [0.4, 0.5) is 13.2 Å². The third kappa shape index (κ3) is 4.08. The van der Waals surface area contributed by atoms with Crippen molar-refractivity contribution in [3.05, 3.63) is 69.1 Å². The topological polar surface area (TPSA) is 92.9 Å². The fourth-order valence-electron chi connectivity index (χ4n) is 2.67. The van der Waals surface area contributed by atoms with Gasteiger partial charge in [0.2, 0.25) is 5.75 Å². The zero-order valence-electron chi connectivity index (χ0n) is 15.4. The van der Waals surface area contributed by atoms with E-state index in [4.69, 9.17) is 14.7 Å². The number of nitrogens with zero attached hydrogens (tertiary/aromatic N) is 3. The molecule has 2 aromatic carbocycles. The first-order chi connectivity index (χ1) is 13.8. The van der Waals surface area contributed by atoms with E-state index in [1.165, 1.54) is 36.9 Å². The molecular weight excluding hydrogens is 389 g/mol. The van der Waals surface area contributed by atoms with E-state index in [2.05, 4.69) is 10.2 Å². The molecule has 0 aliphatic carbocycles. The van der Waals surface area contributed by atoms with Crippen molar-refractivity contribution in [1.82, 2.24) is 14.8 Å². The van der Waals surface area contributed by atoms with Gasteiger partial charge in [-0.3, -0.25) is 4.57 Å². The predicted octanol–water partition coefficient (Wildman–Crippen LogP) is 3.45. The third-order valence-electron chi connectivity index (χ3n) is 4.21. The fraction of sp³-hybridized carbons (Fsp3) is 0.211. The second-order valence-corrected chi connectivity index (χ2v) is 6.06. The Morgan fingerprint density at radius 2 is 2.07 bits per heavy atom. The van der Waals surface area contributed by atoms with E-state index < -0.39 is 23.5 Å². The Morgan fingerprint density at radius 1 is 1.31 bits per heavy atom. The van der Waals surface area contributed by atoms with Gasteiger partial charge < -0.3 is 9.47 Å². The highest BCUT2D eigenvalue weighted by Gasteiger charge is 2.20. The number of aromatic amines is 1. The second kappa shape index (κ2) is 8.10. The van der Waals surface area contributed by atoms with Crippen molar-refractivity contribution in [1.29, 1.82) is 5.26 Å². The molecule has 0 aliphatic heterocycles. The number of aromatic nitrogens is 3. The summed E-state index contributed by atoms with van der Waals surface area (Å²) < 4.78 is 53.1. The van der Waals surface area contributed by atoms with Crippen LogP contribution in [0.1, 0.15) is 28.9 Å². The number of halogens is 3. The number of alkyl halides is 2. The molecule has 0 radical (unpaired) electrons. The normalized spacial score (nSPS) is 10.8. The molecule has 0 saturated carbocycles. The SMILES string of the molecule is COc1ccc(Cc2n[nH]c(=O)n2C)c(F)c1Oc1cc(C#N)cc(C(F)F)c1. The fourth-order valence-corrected chi connectivity index (χ4v) is 2.67. The van der Waals surface area contributed by atoms with Crippen molar-refractivity contribution in [3.63, 3.8) is 0 Å². The molecule has 1 N–H and O–H groups in total. The minimum atomic E-state index is -2.83. The van der Waals surface area contributed by atoms with Gasteiger partial charge in [0.25, 0.3) is 6.43 Å². The Hall–Kier alpha value is -3.74. The van der Waals surface area contributed by atoms with Crippen LogP contribution in [-0.2, 0) is 13.5 Å². The van der Waals surface area contributed by atoms with Crippen LogP contribution >= 0.6 is 0 Å². The quantitative estimate of drug-likeness (QED) is 0.679. The third-order valence-corrected chi connectivity index (χ3v) is 4.21. The first-order valence-electron chi connectivity index (χ1n) is 8.30. The van der Waals surface area contributed by atoms with Crippen LogP contribution in [0.2, 0.25) is 0 Å². The molecule has 29 heavy (non-hydrogen) atoms. The van der Waals surface area contributed by atoms with Gasteiger partial charge in [-0.15, -0.1) is 0 Å². The van der Waals surface area contributed by atoms with Gasteiger partial charge in [-0.05, 0) is 29.8 Å². The molecule has 7 nitrogen and oxygen atoms in total. The monoisotopic (exact) mass is 404 g/mol. The first kappa shape index (κ1) is 20.0. The summed E-state index contributed by atoms with van der Waals surface area (Å²) in [6, 6.07) is 7.91. The molecule has 3 rings (SSSR count). The van der Waals surface area contributed by atoms with E-state index in [-0.39, 0.29) is 40.6 Å². The van der Waals surface area contributed by atoms with Gasteiger partial charge in [-0.25, -0.2) is 23.1 Å². The minimum absolute atomic E-state index is 0.0258. The molecular formula is C19H15F3N4O3. The Labute approximate surface area is 162 Å². The highest BCUT2D eigenvalue weighted by molar-refractivity contribution is 5.49. The van der Waals surface area contributed by atoms with Gasteiger partial charge in [-0.2, -0.15) is 10.4 Å². The summed E-state index contributed by atoms with van der Waals surface area (Å²) in [4.78, 5) is 11.5. The van der Waals surface area contributed by atoms with Gasteiger partial charge in [-0.1, -0.05) is 6.07 Å². The van der Waals surface area contributed by atoms with Crippen LogP contribution in [0.25, 0.3) is 0 Å². The average molecular weight is 404 g/mol. The molecule has 1 aromatic heterocycles. The number of methoxy groups -OCH3 is 1. The Balaban J connectivity index is 2.03. The van der Waals surface area contributed by atoms with Gasteiger partial charge >= 0.3 is 5.69 Å².